The number of carbonyl (C=O) groups is 1. The molecule has 1 rings (SSSR count). The summed E-state index contributed by atoms with van der Waals surface area (Å²) in [5.41, 5.74) is 0. The number of aliphatic hydroxyl groups is 3. The van der Waals surface area contributed by atoms with Gasteiger partial charge in [-0.1, -0.05) is 0 Å². The minimum Gasteiger partial charge on any atom is -0.547 e. The third kappa shape index (κ3) is 4.87. The van der Waals surface area contributed by atoms with Gasteiger partial charge in [0.05, 0.1) is 5.97 Å². The van der Waals surface area contributed by atoms with Crippen molar-refractivity contribution < 1.29 is 100 Å². The first kappa shape index (κ1) is 19.1. The molecule has 1 fully saturated rings. The maximum absolute atomic E-state index is 10.5. The van der Waals surface area contributed by atoms with Gasteiger partial charge in [-0.25, -0.2) is 4.57 Å². The molecule has 0 spiro atoms. The zero-order valence-electron chi connectivity index (χ0n) is 9.11. The van der Waals surface area contributed by atoms with Crippen molar-refractivity contribution in [1.82, 2.24) is 0 Å². The van der Waals surface area contributed by atoms with E-state index in [1.54, 1.807) is 0 Å². The minimum absolute atomic E-state index is 0. The number of hydrogen-bond acceptors (Lipinski definition) is 8. The summed E-state index contributed by atoms with van der Waals surface area (Å²) in [5.74, 6) is -1.93. The van der Waals surface area contributed by atoms with Crippen molar-refractivity contribution in [3.05, 3.63) is 0 Å². The number of aliphatic carboxylic acids is 1. The van der Waals surface area contributed by atoms with Crippen LogP contribution in [-0.4, -0.2) is 61.8 Å². The summed E-state index contributed by atoms with van der Waals surface area (Å²) in [6, 6.07) is 0. The number of phosphoric acid groups is 1. The molecule has 1 aliphatic rings. The molecular formula is C6H10KO10P. The second kappa shape index (κ2) is 7.18. The monoisotopic (exact) mass is 312 g/mol. The Kier molecular flexibility index (Phi) is 7.60. The summed E-state index contributed by atoms with van der Waals surface area (Å²) in [5, 5.41) is 38.2. The molecule has 1 aliphatic heterocycles. The number of rotatable bonds is 3. The summed E-state index contributed by atoms with van der Waals surface area (Å²) in [4.78, 5) is 27.4. The zero-order valence-corrected chi connectivity index (χ0v) is 13.1. The number of ether oxygens (including phenoxy) is 1. The van der Waals surface area contributed by atoms with Gasteiger partial charge in [-0.2, -0.15) is 0 Å². The van der Waals surface area contributed by atoms with E-state index < -0.39 is 44.5 Å². The van der Waals surface area contributed by atoms with Crippen LogP contribution in [-0.2, 0) is 18.6 Å². The molecule has 0 aromatic rings. The van der Waals surface area contributed by atoms with Crippen LogP contribution in [0.15, 0.2) is 0 Å². The van der Waals surface area contributed by atoms with E-state index in [-0.39, 0.29) is 51.4 Å². The SMILES string of the molecule is O=C([O-])[C@H]1O[C@H](OP(=O)(O)O)[C@H](O)[C@@H](O)[C@@H]1O.[K+]. The first-order chi connectivity index (χ1) is 7.63. The van der Waals surface area contributed by atoms with Crippen LogP contribution in [0.3, 0.4) is 0 Å². The third-order valence-electron chi connectivity index (χ3n) is 2.04. The molecule has 5 atom stereocenters. The van der Waals surface area contributed by atoms with E-state index in [4.69, 9.17) is 9.79 Å². The minimum atomic E-state index is -5.07. The van der Waals surface area contributed by atoms with E-state index in [1.807, 2.05) is 0 Å². The van der Waals surface area contributed by atoms with Crippen molar-refractivity contribution in [3.63, 3.8) is 0 Å². The van der Waals surface area contributed by atoms with Gasteiger partial charge in [0.25, 0.3) is 0 Å². The van der Waals surface area contributed by atoms with E-state index in [0.717, 1.165) is 0 Å². The van der Waals surface area contributed by atoms with E-state index in [2.05, 4.69) is 9.26 Å². The first-order valence-corrected chi connectivity index (χ1v) is 5.81. The van der Waals surface area contributed by atoms with Crippen LogP contribution in [0.1, 0.15) is 0 Å². The summed E-state index contributed by atoms with van der Waals surface area (Å²) in [7, 11) is -5.07. The van der Waals surface area contributed by atoms with Crippen LogP contribution >= 0.6 is 7.82 Å². The Morgan fingerprint density at radius 2 is 1.67 bits per heavy atom. The molecule has 100 valence electrons. The molecule has 0 radical (unpaired) electrons. The summed E-state index contributed by atoms with van der Waals surface area (Å²) >= 11 is 0. The number of carbonyl (C=O) groups excluding carboxylic acids is 1. The molecule has 0 aromatic heterocycles. The van der Waals surface area contributed by atoms with Gasteiger partial charge in [0.15, 0.2) is 6.29 Å². The smallest absolute Gasteiger partial charge is 0.547 e. The van der Waals surface area contributed by atoms with Gasteiger partial charge in [0.1, 0.15) is 24.4 Å². The topological polar surface area (TPSA) is 177 Å². The van der Waals surface area contributed by atoms with Gasteiger partial charge < -0.3 is 39.7 Å². The Bertz CT molecular complexity index is 343. The van der Waals surface area contributed by atoms with E-state index in [9.17, 15) is 29.8 Å². The zero-order chi connectivity index (χ0) is 13.4. The second-order valence-electron chi connectivity index (χ2n) is 3.31. The Morgan fingerprint density at radius 3 is 2.06 bits per heavy atom. The predicted octanol–water partition coefficient (Wildman–Crippen LogP) is -7.34. The molecule has 1 heterocycles. The largest absolute Gasteiger partial charge is 1.00 e. The molecule has 0 aromatic carbocycles. The molecular weight excluding hydrogens is 302 g/mol. The molecule has 0 amide bonds. The number of aliphatic hydroxyl groups excluding tert-OH is 3. The van der Waals surface area contributed by atoms with Crippen LogP contribution < -0.4 is 56.5 Å². The van der Waals surface area contributed by atoms with E-state index in [0.29, 0.717) is 0 Å². The second-order valence-corrected chi connectivity index (χ2v) is 4.50. The van der Waals surface area contributed by atoms with Crippen molar-refractivity contribution in [2.24, 2.45) is 0 Å². The predicted molar refractivity (Wildman–Crippen MR) is 44.8 cm³/mol. The molecule has 18 heavy (non-hydrogen) atoms. The normalized spacial score (nSPS) is 36.8. The summed E-state index contributed by atoms with van der Waals surface area (Å²) in [6.45, 7) is 0. The summed E-state index contributed by atoms with van der Waals surface area (Å²) < 4.78 is 18.8. The van der Waals surface area contributed by atoms with Gasteiger partial charge in [0.2, 0.25) is 0 Å². The van der Waals surface area contributed by atoms with E-state index in [1.165, 1.54) is 0 Å². The Morgan fingerprint density at radius 1 is 1.17 bits per heavy atom. The molecule has 0 saturated carbocycles. The molecule has 10 nitrogen and oxygen atoms in total. The Balaban J connectivity index is 0.00000289. The fourth-order valence-electron chi connectivity index (χ4n) is 1.27. The standard InChI is InChI=1S/C6H11O10P.K/c7-1-2(8)4(5(10)11)15-6(3(1)9)16-17(12,13)14;/h1-4,6-9H,(H,10,11)(H2,12,13,14);/q;+1/p-1/t1-,2-,3+,4-,6+;/m0./s1. The average Bonchev–Trinajstić information content (AvgIpc) is 2.16. The van der Waals surface area contributed by atoms with Gasteiger partial charge in [-0.15, -0.1) is 0 Å². The molecule has 0 bridgehead atoms. The number of carboxylic acid groups (broad SMARTS) is 1. The van der Waals surface area contributed by atoms with Crippen molar-refractivity contribution >= 4 is 13.8 Å². The fraction of sp³-hybridized carbons (Fsp3) is 0.833. The van der Waals surface area contributed by atoms with Gasteiger partial charge in [0, 0.05) is 0 Å². The van der Waals surface area contributed by atoms with E-state index >= 15 is 0 Å². The quantitative estimate of drug-likeness (QED) is 0.248. The molecule has 0 unspecified atom stereocenters. The van der Waals surface area contributed by atoms with Crippen molar-refractivity contribution in [2.45, 2.75) is 30.7 Å². The average molecular weight is 312 g/mol. The maximum Gasteiger partial charge on any atom is 1.00 e. The van der Waals surface area contributed by atoms with Gasteiger partial charge >= 0.3 is 59.2 Å². The number of hydrogen-bond donors (Lipinski definition) is 5. The summed E-state index contributed by atoms with van der Waals surface area (Å²) in [6.07, 6.45) is -10.2. The third-order valence-corrected chi connectivity index (χ3v) is 2.53. The van der Waals surface area contributed by atoms with Gasteiger partial charge in [-0.3, -0.25) is 4.52 Å². The Hall–Kier alpha value is 1.06. The number of phosphoric ester groups is 1. The van der Waals surface area contributed by atoms with Crippen LogP contribution in [0, 0.1) is 0 Å². The van der Waals surface area contributed by atoms with Crippen molar-refractivity contribution in [1.29, 1.82) is 0 Å². The molecule has 5 N–H and O–H groups in total. The molecule has 12 heteroatoms. The molecule has 0 aliphatic carbocycles. The first-order valence-electron chi connectivity index (χ1n) is 4.28. The van der Waals surface area contributed by atoms with Crippen LogP contribution in [0.5, 0.6) is 0 Å². The molecule has 1 saturated heterocycles. The maximum atomic E-state index is 10.5. The van der Waals surface area contributed by atoms with Crippen LogP contribution in [0.25, 0.3) is 0 Å². The fourth-order valence-corrected chi connectivity index (χ4v) is 1.71. The van der Waals surface area contributed by atoms with Crippen LogP contribution in [0.4, 0.5) is 0 Å². The Labute approximate surface area is 143 Å². The van der Waals surface area contributed by atoms with Gasteiger partial charge in [-0.05, 0) is 0 Å². The number of carboxylic acids is 1. The van der Waals surface area contributed by atoms with Crippen molar-refractivity contribution in [2.75, 3.05) is 0 Å². The van der Waals surface area contributed by atoms with Crippen molar-refractivity contribution in [3.8, 4) is 0 Å². The van der Waals surface area contributed by atoms with Crippen LogP contribution in [0.2, 0.25) is 0 Å².